The van der Waals surface area contributed by atoms with Crippen LogP contribution in [0.4, 0.5) is 0 Å². The van der Waals surface area contributed by atoms with Crippen molar-refractivity contribution in [3.63, 3.8) is 0 Å². The van der Waals surface area contributed by atoms with Gasteiger partial charge in [0.05, 0.1) is 0 Å². The molecule has 9 aromatic carbocycles. The summed E-state index contributed by atoms with van der Waals surface area (Å²) < 4.78 is 0. The SMILES string of the molecule is c1ccc2c(c1)c1cc3c(cc21)c1cc2c4cc5c6ccccc6c5cc4c2cc31. The molecule has 134 valence electrons. The molecule has 0 N–H and O–H groups in total. The quantitative estimate of drug-likeness (QED) is 0.249. The van der Waals surface area contributed by atoms with Gasteiger partial charge < -0.3 is 0 Å². The fourth-order valence-corrected chi connectivity index (χ4v) is 6.13. The lowest BCUT2D eigenvalue weighted by atomic mass is 9.81. The average molecular weight is 374 g/mol. The zero-order chi connectivity index (χ0) is 19.1. The Balaban J connectivity index is 1.38. The van der Waals surface area contributed by atoms with Crippen LogP contribution in [0.3, 0.4) is 0 Å². The standard InChI is InChI=1S/C30H14/c1-2-6-16-15(5-1)19-9-23-24(10-20(16)19)28-14-30-26-12-22-18-8-4-3-7-17(18)21(22)11-25(26)29(30)13-27(23)28/h1-14H. The molecule has 0 bridgehead atoms. The van der Waals surface area contributed by atoms with Crippen LogP contribution in [0, 0.1) is 0 Å². The Morgan fingerprint density at radius 2 is 0.367 bits per heavy atom. The van der Waals surface area contributed by atoms with E-state index in [2.05, 4.69) is 84.9 Å². The summed E-state index contributed by atoms with van der Waals surface area (Å²) in [6.45, 7) is 0. The number of benzene rings is 5. The predicted octanol–water partition coefficient (Wildman–Crippen LogP) is 8.66. The average Bonchev–Trinajstić information content (AvgIpc) is 2.76. The number of hydrogen-bond donors (Lipinski definition) is 0. The molecular weight excluding hydrogens is 360 g/mol. The van der Waals surface area contributed by atoms with Crippen molar-refractivity contribution in [3.05, 3.63) is 84.9 Å². The Bertz CT molecular complexity index is 1790. The van der Waals surface area contributed by atoms with Crippen molar-refractivity contribution in [3.8, 4) is 0 Å². The van der Waals surface area contributed by atoms with E-state index in [4.69, 9.17) is 0 Å². The fraction of sp³-hybridized carbons (Fsp3) is 0. The maximum Gasteiger partial charge on any atom is -0.00921 e. The third-order valence-corrected chi connectivity index (χ3v) is 7.65. The molecule has 0 fully saturated rings. The summed E-state index contributed by atoms with van der Waals surface area (Å²) >= 11 is 0. The lowest BCUT2D eigenvalue weighted by Crippen LogP contribution is -1.93. The van der Waals surface area contributed by atoms with E-state index in [1.165, 1.54) is 86.2 Å². The first kappa shape index (κ1) is 14.1. The lowest BCUT2D eigenvalue weighted by Gasteiger charge is -2.22. The van der Waals surface area contributed by atoms with Crippen LogP contribution in [0.15, 0.2) is 84.9 Å². The van der Waals surface area contributed by atoms with Crippen molar-refractivity contribution in [2.45, 2.75) is 0 Å². The van der Waals surface area contributed by atoms with Gasteiger partial charge in [-0.1, -0.05) is 48.5 Å². The molecule has 0 atom stereocenters. The molecule has 30 heavy (non-hydrogen) atoms. The normalized spacial score (nSPS) is 13.3. The molecule has 0 radical (unpaired) electrons. The first-order valence-corrected chi connectivity index (χ1v) is 10.6. The van der Waals surface area contributed by atoms with Crippen molar-refractivity contribution >= 4 is 86.2 Å². The Labute approximate surface area is 171 Å². The molecular formula is C30H14. The molecule has 0 unspecified atom stereocenters. The van der Waals surface area contributed by atoms with Gasteiger partial charge in [-0.05, 0) is 123 Å². The highest BCUT2D eigenvalue weighted by molar-refractivity contribution is 6.40. The molecule has 0 saturated carbocycles. The summed E-state index contributed by atoms with van der Waals surface area (Å²) in [5, 5.41) is 22.6. The van der Waals surface area contributed by atoms with E-state index in [1.54, 1.807) is 0 Å². The highest BCUT2D eigenvalue weighted by Crippen LogP contribution is 2.49. The van der Waals surface area contributed by atoms with Crippen molar-refractivity contribution in [2.75, 3.05) is 0 Å². The summed E-state index contributed by atoms with van der Waals surface area (Å²) in [6, 6.07) is 32.1. The van der Waals surface area contributed by atoms with E-state index in [9.17, 15) is 0 Å². The molecule has 0 aliphatic carbocycles. The highest BCUT2D eigenvalue weighted by Gasteiger charge is 2.20. The highest BCUT2D eigenvalue weighted by atomic mass is 14.2. The van der Waals surface area contributed by atoms with E-state index in [0.29, 0.717) is 0 Å². The monoisotopic (exact) mass is 374 g/mol. The minimum Gasteiger partial charge on any atom is -0.0616 e. The molecule has 0 aliphatic heterocycles. The summed E-state index contributed by atoms with van der Waals surface area (Å²) in [7, 11) is 0. The van der Waals surface area contributed by atoms with E-state index < -0.39 is 0 Å². The summed E-state index contributed by atoms with van der Waals surface area (Å²) in [5.74, 6) is 0. The van der Waals surface area contributed by atoms with Crippen LogP contribution in [0.5, 0.6) is 0 Å². The van der Waals surface area contributed by atoms with Crippen molar-refractivity contribution in [2.24, 2.45) is 0 Å². The van der Waals surface area contributed by atoms with Gasteiger partial charge in [-0.3, -0.25) is 0 Å². The van der Waals surface area contributed by atoms with E-state index in [1.807, 2.05) is 0 Å². The molecule has 0 amide bonds. The Morgan fingerprint density at radius 3 is 0.567 bits per heavy atom. The van der Waals surface area contributed by atoms with Crippen LogP contribution in [0.2, 0.25) is 0 Å². The van der Waals surface area contributed by atoms with Crippen LogP contribution in [-0.2, 0) is 0 Å². The van der Waals surface area contributed by atoms with Gasteiger partial charge in [0.15, 0.2) is 0 Å². The van der Waals surface area contributed by atoms with Crippen molar-refractivity contribution in [1.82, 2.24) is 0 Å². The molecule has 0 heterocycles. The van der Waals surface area contributed by atoms with Gasteiger partial charge in [0.25, 0.3) is 0 Å². The van der Waals surface area contributed by atoms with Crippen molar-refractivity contribution < 1.29 is 0 Å². The lowest BCUT2D eigenvalue weighted by molar-refractivity contribution is 1.80. The van der Waals surface area contributed by atoms with Gasteiger partial charge in [0.2, 0.25) is 0 Å². The van der Waals surface area contributed by atoms with E-state index in [0.717, 1.165) is 0 Å². The minimum absolute atomic E-state index is 1.40. The molecule has 0 nitrogen and oxygen atoms in total. The smallest absolute Gasteiger partial charge is 0.00921 e. The number of fused-ring (bicyclic) bond motifs is 16. The fourth-order valence-electron chi connectivity index (χ4n) is 6.13. The first-order valence-electron chi connectivity index (χ1n) is 10.6. The van der Waals surface area contributed by atoms with Crippen LogP contribution < -0.4 is 0 Å². The summed E-state index contributed by atoms with van der Waals surface area (Å²) in [4.78, 5) is 0. The van der Waals surface area contributed by atoms with Crippen molar-refractivity contribution in [1.29, 1.82) is 0 Å². The van der Waals surface area contributed by atoms with Gasteiger partial charge in [-0.25, -0.2) is 0 Å². The second-order valence-corrected chi connectivity index (χ2v) is 8.92. The Morgan fingerprint density at radius 1 is 0.200 bits per heavy atom. The summed E-state index contributed by atoms with van der Waals surface area (Å²) in [6.07, 6.45) is 0. The molecule has 0 heteroatoms. The molecule has 0 saturated heterocycles. The molecule has 9 rings (SSSR count). The zero-order valence-corrected chi connectivity index (χ0v) is 16.1. The minimum atomic E-state index is 1.40. The van der Waals surface area contributed by atoms with Gasteiger partial charge >= 0.3 is 0 Å². The number of hydrogen-bond acceptors (Lipinski definition) is 0. The van der Waals surface area contributed by atoms with Crippen LogP contribution in [0.25, 0.3) is 86.2 Å². The molecule has 0 spiro atoms. The third-order valence-electron chi connectivity index (χ3n) is 7.65. The molecule has 0 aromatic heterocycles. The van der Waals surface area contributed by atoms with Gasteiger partial charge in [-0.15, -0.1) is 0 Å². The van der Waals surface area contributed by atoms with Crippen LogP contribution >= 0.6 is 0 Å². The summed E-state index contributed by atoms with van der Waals surface area (Å²) in [5.41, 5.74) is 0. The second-order valence-electron chi connectivity index (χ2n) is 8.92. The maximum absolute atomic E-state index is 2.43. The van der Waals surface area contributed by atoms with Gasteiger partial charge in [-0.2, -0.15) is 0 Å². The third kappa shape index (κ3) is 1.34. The predicted molar refractivity (Wildman–Crippen MR) is 131 cm³/mol. The zero-order valence-electron chi connectivity index (χ0n) is 16.1. The Hall–Kier alpha value is -3.90. The molecule has 0 aliphatic rings. The number of rotatable bonds is 0. The second kappa shape index (κ2) is 4.32. The molecule has 9 aromatic rings. The van der Waals surface area contributed by atoms with E-state index >= 15 is 0 Å². The van der Waals surface area contributed by atoms with E-state index in [-0.39, 0.29) is 0 Å². The van der Waals surface area contributed by atoms with Gasteiger partial charge in [0.1, 0.15) is 0 Å². The largest absolute Gasteiger partial charge is 0.0616 e. The van der Waals surface area contributed by atoms with Crippen LogP contribution in [-0.4, -0.2) is 0 Å². The first-order chi connectivity index (χ1) is 14.9. The Kier molecular flexibility index (Phi) is 2.04. The van der Waals surface area contributed by atoms with Gasteiger partial charge in [0, 0.05) is 0 Å². The maximum atomic E-state index is 2.43. The van der Waals surface area contributed by atoms with Crippen LogP contribution in [0.1, 0.15) is 0 Å². The topological polar surface area (TPSA) is 0 Å².